The van der Waals surface area contributed by atoms with Gasteiger partial charge in [0.25, 0.3) is 8.32 Å². The van der Waals surface area contributed by atoms with Gasteiger partial charge in [0.1, 0.15) is 30.6 Å². The van der Waals surface area contributed by atoms with Gasteiger partial charge in [-0.2, -0.15) is 19.9 Å². The summed E-state index contributed by atoms with van der Waals surface area (Å²) in [4.78, 5) is 63.0. The number of hydrogen-bond donors (Lipinski definition) is 2. The number of amides is 2. The highest BCUT2D eigenvalue weighted by Gasteiger charge is 2.50. The van der Waals surface area contributed by atoms with E-state index >= 15 is 0 Å². The van der Waals surface area contributed by atoms with Gasteiger partial charge in [0.2, 0.25) is 11.8 Å². The van der Waals surface area contributed by atoms with Crippen LogP contribution >= 0.6 is 0 Å². The summed E-state index contributed by atoms with van der Waals surface area (Å²) in [6.45, 7) is 25.8. The molecule has 2 fully saturated rings. The first kappa shape index (κ1) is 69.4. The van der Waals surface area contributed by atoms with Crippen molar-refractivity contribution >= 4 is 75.1 Å². The zero-order chi connectivity index (χ0) is 68.4. The van der Waals surface area contributed by atoms with E-state index in [1.165, 1.54) is 44.5 Å². The third-order valence-corrected chi connectivity index (χ3v) is 24.2. The standard InChI is InChI=1S/C47H58N6O3Si.C30H38N6O4/c1-8-44(54)53-27-26-52(33-37(53)24-29-56-57(47(3,4)5,38-18-11-9-12-19-38)39-20-13-10-14-21-39)45-41-23-25-51(34-42(41)48-46(49-45)55-30-28-50(6)7)43-32-35(2)31-36-17-15-16-22-40(36)43;1-4-28(39)36-13-12-35(19-22(36)10-15-37)29-25-9-11-34(20-26(25)31-30(32-29)40-16-14-33(2)3)27-18-23(38)17-21-7-5-6-8-24(21)27/h8-22,31-32,37H,1,23-30,33-34H2,2-7H3;4-8,17-18,22,37-38H,1,9-16,19-20H2,2-3H3. The Hall–Kier alpha value is -8.92. The number of nitrogens with zero attached hydrogens (tertiary/aromatic N) is 12. The number of phenols is 1. The molecule has 2 saturated heterocycles. The molecule has 2 N–H and O–H groups in total. The molecule has 19 nitrogen and oxygen atoms in total. The number of benzene rings is 6. The highest BCUT2D eigenvalue weighted by atomic mass is 28.4. The number of aliphatic hydroxyl groups excluding tert-OH is 1. The molecule has 4 aliphatic rings. The maximum Gasteiger partial charge on any atom is 0.318 e. The molecule has 2 aromatic heterocycles. The number of phenolic OH excluding ortho intramolecular Hbond substituents is 1. The Labute approximate surface area is 573 Å². The van der Waals surface area contributed by atoms with Gasteiger partial charge in [0.05, 0.1) is 36.6 Å². The molecule has 20 heteroatoms. The van der Waals surface area contributed by atoms with Gasteiger partial charge in [-0.1, -0.05) is 149 Å². The van der Waals surface area contributed by atoms with Crippen LogP contribution in [0.15, 0.2) is 159 Å². The van der Waals surface area contributed by atoms with E-state index < -0.39 is 8.32 Å². The summed E-state index contributed by atoms with van der Waals surface area (Å²) in [5.41, 5.74) is 7.56. The fourth-order valence-electron chi connectivity index (χ4n) is 14.4. The second kappa shape index (κ2) is 31.1. The second-order valence-corrected chi connectivity index (χ2v) is 31.6. The van der Waals surface area contributed by atoms with Gasteiger partial charge >= 0.3 is 12.0 Å². The van der Waals surface area contributed by atoms with Gasteiger partial charge < -0.3 is 63.3 Å². The van der Waals surface area contributed by atoms with Gasteiger partial charge in [-0.15, -0.1) is 0 Å². The number of anilines is 4. The third-order valence-electron chi connectivity index (χ3n) is 19.2. The molecule has 0 radical (unpaired) electrons. The summed E-state index contributed by atoms with van der Waals surface area (Å²) >= 11 is 0. The van der Waals surface area contributed by atoms with Crippen LogP contribution in [0.1, 0.15) is 61.7 Å². The average molecular weight is 1330 g/mol. The molecule has 4 aliphatic heterocycles. The van der Waals surface area contributed by atoms with Crippen molar-refractivity contribution in [3.05, 3.63) is 187 Å². The average Bonchev–Trinajstić information content (AvgIpc) is 0.791. The van der Waals surface area contributed by atoms with Gasteiger partial charge in [-0.25, -0.2) is 0 Å². The summed E-state index contributed by atoms with van der Waals surface area (Å²) in [6.07, 6.45) is 5.46. The van der Waals surface area contributed by atoms with Gasteiger partial charge in [0.15, 0.2) is 0 Å². The lowest BCUT2D eigenvalue weighted by atomic mass is 10.00. The number of rotatable bonds is 22. The van der Waals surface area contributed by atoms with Crippen LogP contribution in [-0.2, 0) is 39.9 Å². The first-order valence-corrected chi connectivity index (χ1v) is 36.0. The van der Waals surface area contributed by atoms with E-state index in [1.54, 1.807) is 11.0 Å². The Morgan fingerprint density at radius 1 is 0.577 bits per heavy atom. The Morgan fingerprint density at radius 3 is 1.49 bits per heavy atom. The normalized spacial score (nSPS) is 16.6. The summed E-state index contributed by atoms with van der Waals surface area (Å²) in [7, 11) is 5.30. The molecule has 510 valence electrons. The minimum absolute atomic E-state index is 0.00690. The SMILES string of the molecule is C=CC(=O)N1CCN(c2nc(OCCN(C)C)nc3c2CCN(c2cc(C)cc4ccccc24)C3)CC1CCO[Si](c1ccccc1)(c1ccccc1)C(C)(C)C.C=CC(=O)N1CCN(c2nc(OCCN(C)C)nc3c2CCN(c2cc(O)cc4ccccc24)C3)CC1CCO. The molecule has 0 saturated carbocycles. The van der Waals surface area contributed by atoms with Crippen LogP contribution in [0, 0.1) is 6.92 Å². The molecule has 0 bridgehead atoms. The predicted molar refractivity (Wildman–Crippen MR) is 392 cm³/mol. The number of aromatic nitrogens is 4. The molecular weight excluding hydrogens is 1230 g/mol. The van der Waals surface area contributed by atoms with Crippen LogP contribution in [0.4, 0.5) is 23.0 Å². The Bertz CT molecular complexity index is 4020. The number of likely N-dealkylation sites (N-methyl/N-ethyl adjacent to an activating group) is 2. The number of aryl methyl sites for hydroxylation is 1. The van der Waals surface area contributed by atoms with Crippen LogP contribution in [0.3, 0.4) is 0 Å². The summed E-state index contributed by atoms with van der Waals surface area (Å²) in [6, 6.07) is 46.8. The first-order chi connectivity index (χ1) is 46.9. The highest BCUT2D eigenvalue weighted by molar-refractivity contribution is 6.99. The molecule has 2 atom stereocenters. The van der Waals surface area contributed by atoms with Gasteiger partial charge in [0, 0.05) is 118 Å². The van der Waals surface area contributed by atoms with Crippen LogP contribution in [-0.4, -0.2) is 202 Å². The van der Waals surface area contributed by atoms with E-state index in [1.807, 2.05) is 62.3 Å². The minimum Gasteiger partial charge on any atom is -0.508 e. The number of aliphatic hydroxyl groups is 1. The Balaban J connectivity index is 0.000000209. The van der Waals surface area contributed by atoms with Gasteiger partial charge in [-0.3, -0.25) is 9.59 Å². The third kappa shape index (κ3) is 15.7. The number of piperazine rings is 2. The number of carbonyl (C=O) groups is 2. The maximum absolute atomic E-state index is 13.4. The Kier molecular flexibility index (Phi) is 22.2. The number of ether oxygens (including phenoxy) is 2. The zero-order valence-corrected chi connectivity index (χ0v) is 58.9. The number of aromatic hydroxyl groups is 1. The zero-order valence-electron chi connectivity index (χ0n) is 57.9. The van der Waals surface area contributed by atoms with E-state index in [0.29, 0.717) is 97.0 Å². The fraction of sp³-hybridized carbons (Fsp3) is 0.403. The molecule has 6 aromatic carbocycles. The van der Waals surface area contributed by atoms with Crippen molar-refractivity contribution in [3.63, 3.8) is 0 Å². The molecule has 2 unspecified atom stereocenters. The van der Waals surface area contributed by atoms with E-state index in [0.717, 1.165) is 89.6 Å². The molecule has 0 spiro atoms. The molecule has 8 aromatic rings. The van der Waals surface area contributed by atoms with E-state index in [-0.39, 0.29) is 41.3 Å². The Morgan fingerprint density at radius 2 is 1.03 bits per heavy atom. The first-order valence-electron chi connectivity index (χ1n) is 34.1. The summed E-state index contributed by atoms with van der Waals surface area (Å²) in [5, 5.41) is 27.0. The topological polar surface area (TPSA) is 180 Å². The minimum atomic E-state index is -2.76. The number of hydrogen-bond acceptors (Lipinski definition) is 17. The summed E-state index contributed by atoms with van der Waals surface area (Å²) < 4.78 is 19.6. The van der Waals surface area contributed by atoms with E-state index in [4.69, 9.17) is 33.8 Å². The van der Waals surface area contributed by atoms with Crippen LogP contribution < -0.4 is 39.4 Å². The molecule has 97 heavy (non-hydrogen) atoms. The second-order valence-electron chi connectivity index (χ2n) is 27.3. The van der Waals surface area contributed by atoms with Gasteiger partial charge in [-0.05, 0) is 117 Å². The lowest BCUT2D eigenvalue weighted by Crippen LogP contribution is -2.67. The largest absolute Gasteiger partial charge is 0.508 e. The lowest BCUT2D eigenvalue weighted by Gasteiger charge is -2.45. The predicted octanol–water partition coefficient (Wildman–Crippen LogP) is 9.04. The molecule has 6 heterocycles. The van der Waals surface area contributed by atoms with Crippen molar-refractivity contribution in [1.29, 1.82) is 0 Å². The van der Waals surface area contributed by atoms with E-state index in [2.05, 4.69) is 168 Å². The molecule has 12 rings (SSSR count). The molecular formula is C77H96N12O7Si. The van der Waals surface area contributed by atoms with Crippen molar-refractivity contribution in [3.8, 4) is 17.8 Å². The van der Waals surface area contributed by atoms with Crippen molar-refractivity contribution in [2.75, 3.05) is 140 Å². The van der Waals surface area contributed by atoms with Crippen molar-refractivity contribution in [2.45, 2.75) is 83.6 Å². The van der Waals surface area contributed by atoms with Crippen molar-refractivity contribution in [1.82, 2.24) is 39.5 Å². The van der Waals surface area contributed by atoms with Crippen molar-refractivity contribution in [2.24, 2.45) is 0 Å². The number of carbonyl (C=O) groups excluding carboxylic acids is 2. The quantitative estimate of drug-likeness (QED) is 0.0484. The molecule has 0 aliphatic carbocycles. The monoisotopic (exact) mass is 1330 g/mol. The molecule has 2 amide bonds. The maximum atomic E-state index is 13.4. The summed E-state index contributed by atoms with van der Waals surface area (Å²) in [5.74, 6) is 1.81. The highest BCUT2D eigenvalue weighted by Crippen LogP contribution is 2.41. The van der Waals surface area contributed by atoms with E-state index in [9.17, 15) is 19.8 Å². The smallest absolute Gasteiger partial charge is 0.318 e. The number of fused-ring (bicyclic) bond motifs is 4. The van der Waals surface area contributed by atoms with Crippen LogP contribution in [0.25, 0.3) is 21.5 Å². The van der Waals surface area contributed by atoms with Crippen LogP contribution in [0.5, 0.6) is 17.8 Å². The fourth-order valence-corrected chi connectivity index (χ4v) is 19.0. The van der Waals surface area contributed by atoms with Crippen LogP contribution in [0.2, 0.25) is 5.04 Å². The lowest BCUT2D eigenvalue weighted by molar-refractivity contribution is -0.129. The van der Waals surface area contributed by atoms with Crippen molar-refractivity contribution < 1.29 is 33.7 Å².